The Kier molecular flexibility index (Phi) is 12.5. The summed E-state index contributed by atoms with van der Waals surface area (Å²) < 4.78 is 20.6. The molecule has 0 aromatic heterocycles. The number of nitrogens with zero attached hydrogens (tertiary/aromatic N) is 1. The fourth-order valence-electron chi connectivity index (χ4n) is 1.28. The highest BCUT2D eigenvalue weighted by atomic mass is 16.6. The number of rotatable bonds is 13. The predicted octanol–water partition coefficient (Wildman–Crippen LogP) is -0.115. The second kappa shape index (κ2) is 13.7. The predicted molar refractivity (Wildman–Crippen MR) is 86.6 cm³/mol. The average Bonchev–Trinajstić information content (AvgIpc) is 2.53. The number of hydrogen-bond acceptors (Lipinski definition) is 8. The lowest BCUT2D eigenvalue weighted by Crippen LogP contribution is -2.36. The van der Waals surface area contributed by atoms with Gasteiger partial charge in [-0.2, -0.15) is 0 Å². The van der Waals surface area contributed by atoms with Crippen molar-refractivity contribution in [2.75, 3.05) is 53.7 Å². The topological polar surface area (TPSA) is 114 Å². The highest BCUT2D eigenvalue weighted by Gasteiger charge is 2.04. The third-order valence-electron chi connectivity index (χ3n) is 2.37. The lowest BCUT2D eigenvalue weighted by atomic mass is 10.4. The van der Waals surface area contributed by atoms with Crippen LogP contribution in [0, 0.1) is 5.41 Å². The van der Waals surface area contributed by atoms with Crippen LogP contribution in [-0.2, 0) is 23.7 Å². The molecule has 0 heterocycles. The number of amidine groups is 1. The Morgan fingerprint density at radius 2 is 1.61 bits per heavy atom. The Morgan fingerprint density at radius 1 is 1.09 bits per heavy atom. The normalized spacial score (nSPS) is 11.0. The summed E-state index contributed by atoms with van der Waals surface area (Å²) >= 11 is 0. The molecule has 0 aliphatic heterocycles. The van der Waals surface area contributed by atoms with E-state index in [9.17, 15) is 4.79 Å². The number of nitrogens with one attached hydrogen (secondary N) is 3. The molecule has 0 saturated carbocycles. The largest absolute Gasteiger partial charge is 0.488 e. The first-order valence-corrected chi connectivity index (χ1v) is 7.12. The molecule has 0 aliphatic rings. The van der Waals surface area contributed by atoms with Crippen LogP contribution in [0.3, 0.4) is 0 Å². The van der Waals surface area contributed by atoms with E-state index in [1.807, 2.05) is 0 Å². The molecule has 0 aromatic carbocycles. The summed E-state index contributed by atoms with van der Waals surface area (Å²) in [6.07, 6.45) is 0. The van der Waals surface area contributed by atoms with E-state index in [2.05, 4.69) is 22.4 Å². The zero-order chi connectivity index (χ0) is 17.5. The minimum Gasteiger partial charge on any atom is -0.488 e. The van der Waals surface area contributed by atoms with E-state index in [4.69, 9.17) is 24.4 Å². The molecule has 0 aromatic rings. The van der Waals surface area contributed by atoms with Crippen molar-refractivity contribution < 1.29 is 23.7 Å². The smallest absolute Gasteiger partial charge is 0.351 e. The lowest BCUT2D eigenvalue weighted by Gasteiger charge is -2.12. The molecule has 0 spiro atoms. The number of carbonyl (C=O) groups excluding carboxylic acids is 1. The molecule has 23 heavy (non-hydrogen) atoms. The minimum absolute atomic E-state index is 0.121. The highest BCUT2D eigenvalue weighted by Crippen LogP contribution is 1.95. The average molecular weight is 330 g/mol. The van der Waals surface area contributed by atoms with Crippen LogP contribution in [0.4, 0.5) is 0 Å². The van der Waals surface area contributed by atoms with Crippen molar-refractivity contribution in [3.63, 3.8) is 0 Å². The summed E-state index contributed by atoms with van der Waals surface area (Å²) in [4.78, 5) is 14.9. The second-order valence-corrected chi connectivity index (χ2v) is 4.20. The SMILES string of the molecule is C=C(OCCOCCOCCOC(=O)C(C)=N)C(=NC)NNC. The van der Waals surface area contributed by atoms with Gasteiger partial charge in [-0.15, -0.1) is 0 Å². The molecule has 0 saturated heterocycles. The number of ether oxygens (including phenoxy) is 4. The number of carbonyl (C=O) groups is 1. The Morgan fingerprint density at radius 3 is 2.09 bits per heavy atom. The van der Waals surface area contributed by atoms with Crippen molar-refractivity contribution >= 4 is 17.5 Å². The first kappa shape index (κ1) is 21.0. The Hall–Kier alpha value is -1.97. The Bertz CT molecular complexity index is 412. The molecule has 0 aliphatic carbocycles. The van der Waals surface area contributed by atoms with Gasteiger partial charge in [0.1, 0.15) is 18.9 Å². The van der Waals surface area contributed by atoms with Crippen LogP contribution in [0.5, 0.6) is 0 Å². The van der Waals surface area contributed by atoms with E-state index >= 15 is 0 Å². The number of hydrazine groups is 1. The van der Waals surface area contributed by atoms with Crippen molar-refractivity contribution in [2.45, 2.75) is 6.92 Å². The minimum atomic E-state index is -0.634. The number of esters is 1. The van der Waals surface area contributed by atoms with E-state index in [0.717, 1.165) is 0 Å². The maximum absolute atomic E-state index is 11.0. The third-order valence-corrected chi connectivity index (χ3v) is 2.37. The number of hydrogen-bond donors (Lipinski definition) is 3. The summed E-state index contributed by atoms with van der Waals surface area (Å²) in [7, 11) is 3.34. The summed E-state index contributed by atoms with van der Waals surface area (Å²) in [5, 5.41) is 7.04. The molecule has 0 unspecified atom stereocenters. The molecule has 0 amide bonds. The molecule has 0 radical (unpaired) electrons. The van der Waals surface area contributed by atoms with E-state index in [1.165, 1.54) is 6.92 Å². The van der Waals surface area contributed by atoms with E-state index in [-0.39, 0.29) is 18.9 Å². The van der Waals surface area contributed by atoms with Crippen LogP contribution in [0.15, 0.2) is 17.3 Å². The van der Waals surface area contributed by atoms with Crippen molar-refractivity contribution in [1.29, 1.82) is 5.41 Å². The first-order valence-electron chi connectivity index (χ1n) is 7.12. The number of aliphatic imine (C=N–C) groups is 1. The summed E-state index contributed by atoms with van der Waals surface area (Å²) in [6, 6.07) is 0. The van der Waals surface area contributed by atoms with Gasteiger partial charge in [-0.25, -0.2) is 10.2 Å². The van der Waals surface area contributed by atoms with Crippen LogP contribution in [-0.4, -0.2) is 71.3 Å². The summed E-state index contributed by atoms with van der Waals surface area (Å²) in [5.74, 6) is 0.306. The third kappa shape index (κ3) is 11.3. The molecule has 0 atom stereocenters. The highest BCUT2D eigenvalue weighted by molar-refractivity contribution is 6.33. The molecule has 132 valence electrons. The van der Waals surface area contributed by atoms with Crippen LogP contribution in [0.25, 0.3) is 0 Å². The zero-order valence-corrected chi connectivity index (χ0v) is 13.9. The fraction of sp³-hybridized carbons (Fsp3) is 0.643. The van der Waals surface area contributed by atoms with Gasteiger partial charge in [-0.3, -0.25) is 10.4 Å². The van der Waals surface area contributed by atoms with Gasteiger partial charge in [0.2, 0.25) is 0 Å². The Labute approximate surface area is 136 Å². The molecule has 0 fully saturated rings. The van der Waals surface area contributed by atoms with E-state index in [0.29, 0.717) is 38.0 Å². The van der Waals surface area contributed by atoms with Crippen molar-refractivity contribution in [3.8, 4) is 0 Å². The van der Waals surface area contributed by atoms with Gasteiger partial charge in [0.25, 0.3) is 0 Å². The Balaban J connectivity index is 3.45. The quantitative estimate of drug-likeness (QED) is 0.108. The van der Waals surface area contributed by atoms with Crippen molar-refractivity contribution in [2.24, 2.45) is 4.99 Å². The summed E-state index contributed by atoms with van der Waals surface area (Å²) in [6.45, 7) is 7.02. The zero-order valence-electron chi connectivity index (χ0n) is 13.9. The van der Waals surface area contributed by atoms with Gasteiger partial charge < -0.3 is 24.4 Å². The molecule has 0 rings (SSSR count). The maximum atomic E-state index is 11.0. The van der Waals surface area contributed by atoms with Gasteiger partial charge >= 0.3 is 5.97 Å². The second-order valence-electron chi connectivity index (χ2n) is 4.20. The van der Waals surface area contributed by atoms with Crippen LogP contribution in [0.1, 0.15) is 6.92 Å². The van der Waals surface area contributed by atoms with Crippen molar-refractivity contribution in [1.82, 2.24) is 10.9 Å². The van der Waals surface area contributed by atoms with E-state index in [1.54, 1.807) is 14.1 Å². The molecule has 9 nitrogen and oxygen atoms in total. The van der Waals surface area contributed by atoms with Gasteiger partial charge in [-0.1, -0.05) is 6.58 Å². The van der Waals surface area contributed by atoms with Crippen LogP contribution < -0.4 is 10.9 Å². The fourth-order valence-corrected chi connectivity index (χ4v) is 1.28. The van der Waals surface area contributed by atoms with Crippen molar-refractivity contribution in [3.05, 3.63) is 12.3 Å². The van der Waals surface area contributed by atoms with Gasteiger partial charge in [0.15, 0.2) is 11.6 Å². The van der Waals surface area contributed by atoms with Crippen LogP contribution in [0.2, 0.25) is 0 Å². The van der Waals surface area contributed by atoms with Gasteiger partial charge in [0, 0.05) is 14.1 Å². The molecular weight excluding hydrogens is 304 g/mol. The molecule has 9 heteroatoms. The summed E-state index contributed by atoms with van der Waals surface area (Å²) in [5.41, 5.74) is 5.40. The van der Waals surface area contributed by atoms with Crippen LogP contribution >= 0.6 is 0 Å². The lowest BCUT2D eigenvalue weighted by molar-refractivity contribution is -0.137. The first-order chi connectivity index (χ1) is 11.0. The molecule has 0 bridgehead atoms. The monoisotopic (exact) mass is 330 g/mol. The van der Waals surface area contributed by atoms with Gasteiger partial charge in [-0.05, 0) is 6.92 Å². The van der Waals surface area contributed by atoms with E-state index < -0.39 is 5.97 Å². The molecule has 3 N–H and O–H groups in total. The maximum Gasteiger partial charge on any atom is 0.351 e. The van der Waals surface area contributed by atoms with Gasteiger partial charge in [0.05, 0.1) is 26.4 Å². The molecular formula is C14H26N4O5. The standard InChI is InChI=1S/C14H26N4O5/c1-11(15)14(19)23-10-8-21-6-5-20-7-9-22-12(2)13(16-3)18-17-4/h15,17H,2,5-10H2,1,3-4H3,(H,16,18).